The summed E-state index contributed by atoms with van der Waals surface area (Å²) in [6.45, 7) is 4.38. The third-order valence-electron chi connectivity index (χ3n) is 4.39. The van der Waals surface area contributed by atoms with Crippen molar-refractivity contribution in [3.63, 3.8) is 0 Å². The van der Waals surface area contributed by atoms with Crippen LogP contribution >= 0.6 is 0 Å². The molecule has 0 radical (unpaired) electrons. The zero-order chi connectivity index (χ0) is 21.4. The first kappa shape index (κ1) is 22.8. The molecule has 2 rings (SSSR count). The number of nitrogens with zero attached hydrogens (tertiary/aromatic N) is 1. The highest BCUT2D eigenvalue weighted by atomic mass is 19.4. The molecule has 1 heterocycles. The maximum atomic E-state index is 12.9. The molecule has 1 atom stereocenters. The minimum Gasteiger partial charge on any atom is -0.490 e. The molecule has 1 saturated heterocycles. The molecule has 2 N–H and O–H groups in total. The van der Waals surface area contributed by atoms with E-state index in [1.54, 1.807) is 18.2 Å². The van der Waals surface area contributed by atoms with Crippen molar-refractivity contribution in [3.05, 3.63) is 18.2 Å². The van der Waals surface area contributed by atoms with E-state index < -0.39 is 24.0 Å². The van der Waals surface area contributed by atoms with Crippen LogP contribution in [-0.4, -0.2) is 55.9 Å². The number of likely N-dealkylation sites (tertiary alicyclic amines) is 1. The van der Waals surface area contributed by atoms with Gasteiger partial charge in [0.15, 0.2) is 11.5 Å². The Hall–Kier alpha value is -2.49. The fourth-order valence-corrected chi connectivity index (χ4v) is 3.13. The third kappa shape index (κ3) is 7.12. The topological polar surface area (TPSA) is 79.9 Å². The summed E-state index contributed by atoms with van der Waals surface area (Å²) in [5.41, 5.74) is 0.386. The predicted octanol–water partition coefficient (Wildman–Crippen LogP) is 3.41. The molecule has 0 aromatic heterocycles. The van der Waals surface area contributed by atoms with Crippen LogP contribution in [0.25, 0.3) is 0 Å². The Bertz CT molecular complexity index is 712. The lowest BCUT2D eigenvalue weighted by Gasteiger charge is -2.33. The highest BCUT2D eigenvalue weighted by Gasteiger charge is 2.41. The SMILES string of the molecule is CCOc1ccc(NC(=O)NC(=O)CN2CCC[C@@H](C(F)(F)F)C2)cc1OCC. The summed E-state index contributed by atoms with van der Waals surface area (Å²) in [7, 11) is 0. The predicted molar refractivity (Wildman–Crippen MR) is 101 cm³/mol. The summed E-state index contributed by atoms with van der Waals surface area (Å²) < 4.78 is 49.5. The summed E-state index contributed by atoms with van der Waals surface area (Å²) in [5, 5.41) is 4.64. The molecule has 162 valence electrons. The van der Waals surface area contributed by atoms with Gasteiger partial charge in [0, 0.05) is 18.3 Å². The first-order chi connectivity index (χ1) is 13.7. The maximum absolute atomic E-state index is 12.9. The number of piperidine rings is 1. The van der Waals surface area contributed by atoms with Crippen LogP contribution in [0.4, 0.5) is 23.7 Å². The molecule has 0 saturated carbocycles. The second-order valence-electron chi connectivity index (χ2n) is 6.65. The van der Waals surface area contributed by atoms with Crippen molar-refractivity contribution in [2.45, 2.75) is 32.9 Å². The van der Waals surface area contributed by atoms with Gasteiger partial charge in [-0.1, -0.05) is 0 Å². The van der Waals surface area contributed by atoms with Crippen molar-refractivity contribution >= 4 is 17.6 Å². The lowest BCUT2D eigenvalue weighted by Crippen LogP contribution is -2.47. The van der Waals surface area contributed by atoms with Crippen LogP contribution in [0.2, 0.25) is 0 Å². The fraction of sp³-hybridized carbons (Fsp3) is 0.579. The Morgan fingerprint density at radius 1 is 1.17 bits per heavy atom. The van der Waals surface area contributed by atoms with Crippen molar-refractivity contribution in [2.24, 2.45) is 5.92 Å². The lowest BCUT2D eigenvalue weighted by atomic mass is 9.97. The van der Waals surface area contributed by atoms with E-state index in [2.05, 4.69) is 10.6 Å². The smallest absolute Gasteiger partial charge is 0.393 e. The monoisotopic (exact) mass is 417 g/mol. The molecule has 1 aliphatic rings. The Labute approximate surface area is 167 Å². The number of carbonyl (C=O) groups excluding carboxylic acids is 2. The molecule has 1 aromatic carbocycles. The molecule has 0 spiro atoms. The van der Waals surface area contributed by atoms with Gasteiger partial charge in [0.25, 0.3) is 0 Å². The van der Waals surface area contributed by atoms with Gasteiger partial charge in [-0.15, -0.1) is 0 Å². The van der Waals surface area contributed by atoms with Crippen LogP contribution in [0, 0.1) is 5.92 Å². The van der Waals surface area contributed by atoms with Crippen molar-refractivity contribution < 1.29 is 32.2 Å². The van der Waals surface area contributed by atoms with Crippen molar-refractivity contribution in [1.29, 1.82) is 0 Å². The molecule has 1 fully saturated rings. The van der Waals surface area contributed by atoms with Crippen LogP contribution in [-0.2, 0) is 4.79 Å². The third-order valence-corrected chi connectivity index (χ3v) is 4.39. The molecule has 10 heteroatoms. The van der Waals surface area contributed by atoms with E-state index in [9.17, 15) is 22.8 Å². The molecule has 29 heavy (non-hydrogen) atoms. The number of amides is 3. The van der Waals surface area contributed by atoms with Gasteiger partial charge in [0.2, 0.25) is 5.91 Å². The Morgan fingerprint density at radius 3 is 2.52 bits per heavy atom. The van der Waals surface area contributed by atoms with E-state index in [4.69, 9.17) is 9.47 Å². The molecular formula is C19H26F3N3O4. The maximum Gasteiger partial charge on any atom is 0.393 e. The number of benzene rings is 1. The van der Waals surface area contributed by atoms with Crippen LogP contribution < -0.4 is 20.1 Å². The summed E-state index contributed by atoms with van der Waals surface area (Å²) in [6, 6.07) is 4.02. The van der Waals surface area contributed by atoms with Crippen molar-refractivity contribution in [2.75, 3.05) is 38.2 Å². The lowest BCUT2D eigenvalue weighted by molar-refractivity contribution is -0.187. The summed E-state index contributed by atoms with van der Waals surface area (Å²) in [5.74, 6) is -1.13. The summed E-state index contributed by atoms with van der Waals surface area (Å²) in [4.78, 5) is 25.5. The molecule has 0 aliphatic carbocycles. The Balaban J connectivity index is 1.88. The van der Waals surface area contributed by atoms with Crippen LogP contribution in [0.15, 0.2) is 18.2 Å². The second kappa shape index (κ2) is 10.3. The van der Waals surface area contributed by atoms with Gasteiger partial charge in [-0.05, 0) is 45.4 Å². The van der Waals surface area contributed by atoms with Crippen LogP contribution in [0.1, 0.15) is 26.7 Å². The number of alkyl halides is 3. The van der Waals surface area contributed by atoms with Gasteiger partial charge in [-0.25, -0.2) is 4.79 Å². The van der Waals surface area contributed by atoms with E-state index in [0.717, 1.165) is 0 Å². The summed E-state index contributed by atoms with van der Waals surface area (Å²) >= 11 is 0. The molecular weight excluding hydrogens is 391 g/mol. The van der Waals surface area contributed by atoms with E-state index >= 15 is 0 Å². The van der Waals surface area contributed by atoms with Gasteiger partial charge in [0.05, 0.1) is 25.7 Å². The highest BCUT2D eigenvalue weighted by molar-refractivity contribution is 6.01. The molecule has 0 bridgehead atoms. The molecule has 3 amide bonds. The number of anilines is 1. The number of rotatable bonds is 7. The second-order valence-corrected chi connectivity index (χ2v) is 6.65. The number of hydrogen-bond donors (Lipinski definition) is 2. The van der Waals surface area contributed by atoms with Gasteiger partial charge in [0.1, 0.15) is 0 Å². The highest BCUT2D eigenvalue weighted by Crippen LogP contribution is 2.33. The fourth-order valence-electron chi connectivity index (χ4n) is 3.13. The number of halogens is 3. The molecule has 1 aromatic rings. The number of hydrogen-bond acceptors (Lipinski definition) is 5. The van der Waals surface area contributed by atoms with E-state index in [-0.39, 0.29) is 19.5 Å². The molecule has 7 nitrogen and oxygen atoms in total. The number of carbonyl (C=O) groups is 2. The van der Waals surface area contributed by atoms with Crippen molar-refractivity contribution in [3.8, 4) is 11.5 Å². The molecule has 0 unspecified atom stereocenters. The Morgan fingerprint density at radius 2 is 1.86 bits per heavy atom. The normalized spacial score (nSPS) is 17.5. The standard InChI is InChI=1S/C19H26F3N3O4/c1-3-28-15-8-7-14(10-16(15)29-4-2)23-18(27)24-17(26)12-25-9-5-6-13(11-25)19(20,21)22/h7-8,10,13H,3-6,9,11-12H2,1-2H3,(H2,23,24,26,27)/t13-/m1/s1. The number of urea groups is 1. The van der Waals surface area contributed by atoms with Crippen molar-refractivity contribution in [1.82, 2.24) is 10.2 Å². The van der Waals surface area contributed by atoms with Gasteiger partial charge < -0.3 is 14.8 Å². The quantitative estimate of drug-likeness (QED) is 0.711. The number of imide groups is 1. The zero-order valence-electron chi connectivity index (χ0n) is 16.5. The minimum absolute atomic E-state index is 0.0575. The number of ether oxygens (including phenoxy) is 2. The average Bonchev–Trinajstić information content (AvgIpc) is 2.63. The largest absolute Gasteiger partial charge is 0.490 e. The Kier molecular flexibility index (Phi) is 8.12. The zero-order valence-corrected chi connectivity index (χ0v) is 16.5. The van der Waals surface area contributed by atoms with Crippen LogP contribution in [0.5, 0.6) is 11.5 Å². The molecule has 1 aliphatic heterocycles. The van der Waals surface area contributed by atoms with E-state index in [1.807, 2.05) is 13.8 Å². The first-order valence-corrected chi connectivity index (χ1v) is 9.52. The summed E-state index contributed by atoms with van der Waals surface area (Å²) in [6.07, 6.45) is -3.86. The number of nitrogens with one attached hydrogen (secondary N) is 2. The minimum atomic E-state index is -4.28. The van der Waals surface area contributed by atoms with Gasteiger partial charge in [-0.3, -0.25) is 15.0 Å². The average molecular weight is 417 g/mol. The van der Waals surface area contributed by atoms with Gasteiger partial charge >= 0.3 is 12.2 Å². The van der Waals surface area contributed by atoms with Crippen LogP contribution in [0.3, 0.4) is 0 Å². The first-order valence-electron chi connectivity index (χ1n) is 9.52. The van der Waals surface area contributed by atoms with E-state index in [1.165, 1.54) is 4.90 Å². The van der Waals surface area contributed by atoms with E-state index in [0.29, 0.717) is 43.4 Å². The van der Waals surface area contributed by atoms with Gasteiger partial charge in [-0.2, -0.15) is 13.2 Å².